The molecule has 1 aromatic heterocycles. The first-order valence-electron chi connectivity index (χ1n) is 6.87. The molecule has 3 heterocycles. The highest BCUT2D eigenvalue weighted by Gasteiger charge is 2.29. The third kappa shape index (κ3) is 1.60. The summed E-state index contributed by atoms with van der Waals surface area (Å²) in [5, 5.41) is 1.38. The molecule has 0 radical (unpaired) electrons. The fourth-order valence-electron chi connectivity index (χ4n) is 3.42. The predicted molar refractivity (Wildman–Crippen MR) is 74.4 cm³/mol. The number of nitrogens with one attached hydrogen (secondary N) is 1. The Hall–Kier alpha value is -1.54. The second-order valence-electron chi connectivity index (χ2n) is 5.58. The monoisotopic (exact) mass is 238 g/mol. The van der Waals surface area contributed by atoms with Crippen LogP contribution in [-0.4, -0.2) is 22.5 Å². The number of nitrogens with zero attached hydrogens (tertiary/aromatic N) is 1. The smallest absolute Gasteiger partial charge is 0.0457 e. The van der Waals surface area contributed by atoms with Crippen LogP contribution in [0.4, 0.5) is 0 Å². The molecule has 2 aromatic rings. The summed E-state index contributed by atoms with van der Waals surface area (Å²) in [4.78, 5) is 6.01. The van der Waals surface area contributed by atoms with Gasteiger partial charge >= 0.3 is 0 Å². The van der Waals surface area contributed by atoms with E-state index in [4.69, 9.17) is 0 Å². The maximum atomic E-state index is 3.38. The van der Waals surface area contributed by atoms with E-state index < -0.39 is 0 Å². The second kappa shape index (κ2) is 3.99. The maximum absolute atomic E-state index is 3.38. The minimum Gasteiger partial charge on any atom is -0.361 e. The van der Waals surface area contributed by atoms with Crippen molar-refractivity contribution in [2.45, 2.75) is 25.4 Å². The summed E-state index contributed by atoms with van der Waals surface area (Å²) >= 11 is 0. The van der Waals surface area contributed by atoms with Crippen LogP contribution in [0.5, 0.6) is 0 Å². The van der Waals surface area contributed by atoms with Crippen LogP contribution in [0.1, 0.15) is 18.4 Å². The minimum absolute atomic E-state index is 0.670. The number of para-hydroxylation sites is 1. The SMILES string of the molecule is C1=CC2CCC1CN2Cc1c[nH]c2ccccc12. The first kappa shape index (κ1) is 10.4. The standard InChI is InChI=1S/C16H18N2/c1-2-4-16-15(3-1)13(9-17-16)11-18-10-12-5-7-14(18)8-6-12/h1-5,7,9,12,14,17H,6,8,10-11H2. The molecule has 2 heteroatoms. The first-order chi connectivity index (χ1) is 8.90. The van der Waals surface area contributed by atoms with Crippen molar-refractivity contribution < 1.29 is 0 Å². The number of rotatable bonds is 2. The Morgan fingerprint density at radius 1 is 1.17 bits per heavy atom. The molecule has 1 saturated heterocycles. The molecule has 3 aliphatic rings. The van der Waals surface area contributed by atoms with Gasteiger partial charge in [-0.3, -0.25) is 4.90 Å². The van der Waals surface area contributed by atoms with Gasteiger partial charge < -0.3 is 4.98 Å². The van der Waals surface area contributed by atoms with Gasteiger partial charge in [-0.25, -0.2) is 0 Å². The van der Waals surface area contributed by atoms with Gasteiger partial charge in [0.1, 0.15) is 0 Å². The number of piperidine rings is 1. The number of aromatic nitrogens is 1. The molecule has 1 N–H and O–H groups in total. The third-order valence-corrected chi connectivity index (χ3v) is 4.43. The zero-order chi connectivity index (χ0) is 11.9. The zero-order valence-corrected chi connectivity index (χ0v) is 10.5. The Bertz CT molecular complexity index is 596. The summed E-state index contributed by atoms with van der Waals surface area (Å²) in [6, 6.07) is 9.26. The Morgan fingerprint density at radius 2 is 2.11 bits per heavy atom. The van der Waals surface area contributed by atoms with Crippen molar-refractivity contribution in [1.82, 2.24) is 9.88 Å². The van der Waals surface area contributed by atoms with Gasteiger partial charge in [-0.1, -0.05) is 30.4 Å². The Labute approximate surface area is 107 Å². The zero-order valence-electron chi connectivity index (χ0n) is 10.5. The molecular formula is C16H18N2. The van der Waals surface area contributed by atoms with Crippen molar-refractivity contribution in [1.29, 1.82) is 0 Å². The number of hydrogen-bond acceptors (Lipinski definition) is 1. The molecule has 1 aromatic carbocycles. The number of benzene rings is 1. The van der Waals surface area contributed by atoms with Crippen molar-refractivity contribution in [3.63, 3.8) is 0 Å². The van der Waals surface area contributed by atoms with Crippen molar-refractivity contribution in [2.24, 2.45) is 5.92 Å². The molecule has 5 rings (SSSR count). The Kier molecular flexibility index (Phi) is 2.30. The average Bonchev–Trinajstić information content (AvgIpc) is 2.84. The van der Waals surface area contributed by atoms with Crippen LogP contribution in [0.3, 0.4) is 0 Å². The fourth-order valence-corrected chi connectivity index (χ4v) is 3.42. The molecule has 2 nitrogen and oxygen atoms in total. The summed E-state index contributed by atoms with van der Waals surface area (Å²) < 4.78 is 0. The molecule has 2 bridgehead atoms. The molecule has 1 aliphatic carbocycles. The van der Waals surface area contributed by atoms with Crippen molar-refractivity contribution in [3.8, 4) is 0 Å². The van der Waals surface area contributed by atoms with E-state index in [0.29, 0.717) is 6.04 Å². The van der Waals surface area contributed by atoms with Crippen LogP contribution >= 0.6 is 0 Å². The van der Waals surface area contributed by atoms with Crippen LogP contribution in [0.15, 0.2) is 42.6 Å². The van der Waals surface area contributed by atoms with Crippen molar-refractivity contribution in [3.05, 3.63) is 48.2 Å². The number of H-pyrrole nitrogens is 1. The van der Waals surface area contributed by atoms with Gasteiger partial charge in [0.25, 0.3) is 0 Å². The third-order valence-electron chi connectivity index (χ3n) is 4.43. The summed E-state index contributed by atoms with van der Waals surface area (Å²) in [6.45, 7) is 2.32. The fraction of sp³-hybridized carbons (Fsp3) is 0.375. The summed E-state index contributed by atoms with van der Waals surface area (Å²) in [6.07, 6.45) is 9.72. The highest BCUT2D eigenvalue weighted by Crippen LogP contribution is 2.31. The van der Waals surface area contributed by atoms with Crippen molar-refractivity contribution in [2.75, 3.05) is 6.54 Å². The molecule has 0 amide bonds. The lowest BCUT2D eigenvalue weighted by Crippen LogP contribution is -2.44. The predicted octanol–water partition coefficient (Wildman–Crippen LogP) is 3.32. The summed E-state index contributed by atoms with van der Waals surface area (Å²) in [7, 11) is 0. The van der Waals surface area contributed by atoms with Gasteiger partial charge in [-0.05, 0) is 30.4 Å². The molecule has 2 unspecified atom stereocenters. The van der Waals surface area contributed by atoms with Gasteiger partial charge in [0.05, 0.1) is 0 Å². The highest BCUT2D eigenvalue weighted by molar-refractivity contribution is 5.82. The van der Waals surface area contributed by atoms with Gasteiger partial charge in [0, 0.05) is 36.2 Å². The van der Waals surface area contributed by atoms with Gasteiger partial charge in [-0.2, -0.15) is 0 Å². The minimum atomic E-state index is 0.670. The number of aromatic amines is 1. The average molecular weight is 238 g/mol. The topological polar surface area (TPSA) is 19.0 Å². The van der Waals surface area contributed by atoms with E-state index in [1.54, 1.807) is 0 Å². The van der Waals surface area contributed by atoms with Crippen LogP contribution in [0.2, 0.25) is 0 Å². The first-order valence-corrected chi connectivity index (χ1v) is 6.87. The highest BCUT2D eigenvalue weighted by atomic mass is 15.2. The molecule has 92 valence electrons. The van der Waals surface area contributed by atoms with Crippen LogP contribution in [-0.2, 0) is 6.54 Å². The molecule has 18 heavy (non-hydrogen) atoms. The normalized spacial score (nSPS) is 27.1. The summed E-state index contributed by atoms with van der Waals surface area (Å²) in [5.74, 6) is 0.792. The van der Waals surface area contributed by atoms with Crippen LogP contribution < -0.4 is 0 Å². The molecule has 0 saturated carbocycles. The quantitative estimate of drug-likeness (QED) is 0.795. The largest absolute Gasteiger partial charge is 0.361 e. The lowest BCUT2D eigenvalue weighted by atomic mass is 9.86. The van der Waals surface area contributed by atoms with Crippen LogP contribution in [0.25, 0.3) is 10.9 Å². The van der Waals surface area contributed by atoms with Crippen LogP contribution in [0, 0.1) is 5.92 Å². The van der Waals surface area contributed by atoms with E-state index >= 15 is 0 Å². The van der Waals surface area contributed by atoms with Gasteiger partial charge in [0.15, 0.2) is 0 Å². The lowest BCUT2D eigenvalue weighted by molar-refractivity contribution is 0.130. The van der Waals surface area contributed by atoms with Gasteiger partial charge in [-0.15, -0.1) is 0 Å². The van der Waals surface area contributed by atoms with E-state index in [2.05, 4.69) is 52.5 Å². The number of hydrogen-bond donors (Lipinski definition) is 1. The molecule has 2 atom stereocenters. The molecule has 1 fully saturated rings. The summed E-state index contributed by atoms with van der Waals surface area (Å²) in [5.41, 5.74) is 2.69. The lowest BCUT2D eigenvalue weighted by Gasteiger charge is -2.41. The number of fused-ring (bicyclic) bond motifs is 3. The van der Waals surface area contributed by atoms with E-state index in [9.17, 15) is 0 Å². The van der Waals surface area contributed by atoms with E-state index in [1.165, 1.54) is 35.9 Å². The maximum Gasteiger partial charge on any atom is 0.0457 e. The Balaban J connectivity index is 1.63. The van der Waals surface area contributed by atoms with E-state index in [0.717, 1.165) is 12.5 Å². The Morgan fingerprint density at radius 3 is 2.89 bits per heavy atom. The molecule has 2 aliphatic heterocycles. The van der Waals surface area contributed by atoms with Gasteiger partial charge in [0.2, 0.25) is 0 Å². The molecule has 0 spiro atoms. The van der Waals surface area contributed by atoms with E-state index in [1.807, 2.05) is 0 Å². The molecular weight excluding hydrogens is 220 g/mol. The second-order valence-corrected chi connectivity index (χ2v) is 5.58. The van der Waals surface area contributed by atoms with Crippen molar-refractivity contribution >= 4 is 10.9 Å². The van der Waals surface area contributed by atoms with E-state index in [-0.39, 0.29) is 0 Å².